The molecule has 0 aromatic heterocycles. The molecule has 1 aliphatic heterocycles. The fourth-order valence-corrected chi connectivity index (χ4v) is 1.99. The molecule has 1 fully saturated rings. The van der Waals surface area contributed by atoms with E-state index in [2.05, 4.69) is 15.6 Å². The molecule has 0 aromatic rings. The molecule has 0 saturated carbocycles. The van der Waals surface area contributed by atoms with Gasteiger partial charge >= 0.3 is 6.09 Å². The Kier molecular flexibility index (Phi) is 6.74. The van der Waals surface area contributed by atoms with Gasteiger partial charge in [-0.05, 0) is 34.1 Å². The molecule has 7 heteroatoms. The molecule has 0 bridgehead atoms. The van der Waals surface area contributed by atoms with Crippen molar-refractivity contribution in [2.24, 2.45) is 4.99 Å². The molecule has 21 heavy (non-hydrogen) atoms. The van der Waals surface area contributed by atoms with Crippen LogP contribution in [0.2, 0.25) is 0 Å². The first-order valence-corrected chi connectivity index (χ1v) is 7.50. The maximum absolute atomic E-state index is 11.5. The number of hydrogen-bond acceptors (Lipinski definition) is 4. The van der Waals surface area contributed by atoms with Crippen LogP contribution in [0, 0.1) is 0 Å². The molecular formula is C14H28N4O3. The van der Waals surface area contributed by atoms with Gasteiger partial charge in [0.05, 0.1) is 12.6 Å². The number of likely N-dealkylation sites (tertiary alicyclic amines) is 1. The van der Waals surface area contributed by atoms with Crippen LogP contribution in [0.15, 0.2) is 4.99 Å². The molecule has 1 aliphatic rings. The normalized spacial score (nSPS) is 19.6. The van der Waals surface area contributed by atoms with E-state index in [9.17, 15) is 9.90 Å². The van der Waals surface area contributed by atoms with Crippen LogP contribution in [0.4, 0.5) is 4.79 Å². The van der Waals surface area contributed by atoms with Crippen molar-refractivity contribution >= 4 is 12.1 Å². The van der Waals surface area contributed by atoms with E-state index >= 15 is 0 Å². The van der Waals surface area contributed by atoms with Crippen LogP contribution >= 0.6 is 0 Å². The first kappa shape index (κ1) is 17.6. The zero-order valence-corrected chi connectivity index (χ0v) is 13.5. The zero-order valence-electron chi connectivity index (χ0n) is 13.5. The van der Waals surface area contributed by atoms with Gasteiger partial charge in [0.25, 0.3) is 0 Å². The van der Waals surface area contributed by atoms with Crippen molar-refractivity contribution < 1.29 is 14.6 Å². The van der Waals surface area contributed by atoms with E-state index in [1.54, 1.807) is 0 Å². The largest absolute Gasteiger partial charge is 0.444 e. The lowest BCUT2D eigenvalue weighted by Gasteiger charge is -2.21. The molecular weight excluding hydrogens is 272 g/mol. The van der Waals surface area contributed by atoms with Crippen molar-refractivity contribution in [2.75, 3.05) is 32.7 Å². The smallest absolute Gasteiger partial charge is 0.407 e. The van der Waals surface area contributed by atoms with E-state index in [4.69, 9.17) is 4.74 Å². The highest BCUT2D eigenvalue weighted by Gasteiger charge is 2.22. The molecule has 0 aromatic carbocycles. The Morgan fingerprint density at radius 2 is 2.14 bits per heavy atom. The van der Waals surface area contributed by atoms with Gasteiger partial charge < -0.3 is 25.4 Å². The van der Waals surface area contributed by atoms with Gasteiger partial charge in [-0.1, -0.05) is 0 Å². The number of nitrogens with zero attached hydrogens (tertiary/aromatic N) is 2. The maximum Gasteiger partial charge on any atom is 0.407 e. The minimum Gasteiger partial charge on any atom is -0.444 e. The second-order valence-corrected chi connectivity index (χ2v) is 6.05. The van der Waals surface area contributed by atoms with Gasteiger partial charge in [-0.3, -0.25) is 4.99 Å². The maximum atomic E-state index is 11.5. The number of aliphatic hydroxyl groups is 1. The number of rotatable bonds is 4. The molecule has 3 N–H and O–H groups in total. The molecule has 122 valence electrons. The highest BCUT2D eigenvalue weighted by molar-refractivity contribution is 5.80. The molecule has 1 amide bonds. The van der Waals surface area contributed by atoms with Crippen LogP contribution in [0.5, 0.6) is 0 Å². The number of hydrogen-bond donors (Lipinski definition) is 3. The number of carbonyl (C=O) groups is 1. The van der Waals surface area contributed by atoms with E-state index < -0.39 is 11.7 Å². The second-order valence-electron chi connectivity index (χ2n) is 6.05. The Balaban J connectivity index is 2.36. The van der Waals surface area contributed by atoms with Crippen molar-refractivity contribution in [1.29, 1.82) is 0 Å². The number of guanidine groups is 1. The van der Waals surface area contributed by atoms with Gasteiger partial charge in [-0.25, -0.2) is 4.79 Å². The summed E-state index contributed by atoms with van der Waals surface area (Å²) in [6.07, 6.45) is 0.0497. The van der Waals surface area contributed by atoms with E-state index in [0.717, 1.165) is 25.5 Å². The van der Waals surface area contributed by atoms with Crippen LogP contribution in [0.3, 0.4) is 0 Å². The Labute approximate surface area is 126 Å². The molecule has 1 rings (SSSR count). The summed E-state index contributed by atoms with van der Waals surface area (Å²) in [5.41, 5.74) is -0.492. The van der Waals surface area contributed by atoms with Gasteiger partial charge in [0.15, 0.2) is 5.96 Å². The van der Waals surface area contributed by atoms with Crippen molar-refractivity contribution in [2.45, 2.75) is 45.8 Å². The Morgan fingerprint density at radius 3 is 2.67 bits per heavy atom. The fourth-order valence-electron chi connectivity index (χ4n) is 1.99. The van der Waals surface area contributed by atoms with Crippen LogP contribution in [0.1, 0.15) is 34.1 Å². The molecule has 1 saturated heterocycles. The monoisotopic (exact) mass is 300 g/mol. The second kappa shape index (κ2) is 8.07. The third-order valence-corrected chi connectivity index (χ3v) is 2.84. The van der Waals surface area contributed by atoms with Crippen LogP contribution in [0.25, 0.3) is 0 Å². The Bertz CT molecular complexity index is 366. The van der Waals surface area contributed by atoms with Crippen molar-refractivity contribution in [3.05, 3.63) is 0 Å². The minimum atomic E-state index is -0.492. The summed E-state index contributed by atoms with van der Waals surface area (Å²) < 4.78 is 5.15. The lowest BCUT2D eigenvalue weighted by Crippen LogP contribution is -2.41. The first-order valence-electron chi connectivity index (χ1n) is 7.50. The van der Waals surface area contributed by atoms with E-state index in [-0.39, 0.29) is 6.10 Å². The first-order chi connectivity index (χ1) is 9.81. The quantitative estimate of drug-likeness (QED) is 0.401. The average molecular weight is 300 g/mol. The van der Waals surface area contributed by atoms with Crippen molar-refractivity contribution in [1.82, 2.24) is 15.5 Å². The minimum absolute atomic E-state index is 0.284. The lowest BCUT2D eigenvalue weighted by molar-refractivity contribution is 0.0529. The highest BCUT2D eigenvalue weighted by Crippen LogP contribution is 2.08. The lowest BCUT2D eigenvalue weighted by atomic mass is 10.2. The predicted molar refractivity (Wildman–Crippen MR) is 82.4 cm³/mol. The number of nitrogens with one attached hydrogen (secondary N) is 2. The van der Waals surface area contributed by atoms with Gasteiger partial charge in [0.2, 0.25) is 0 Å². The number of carbonyl (C=O) groups excluding carboxylic acids is 1. The zero-order chi connectivity index (χ0) is 15.9. The standard InChI is InChI=1S/C14H28N4O3/c1-5-15-12(18-9-6-11(19)10-18)16-7-8-17-13(20)21-14(2,3)4/h11,19H,5-10H2,1-4H3,(H,15,16)(H,17,20)/t11-/m1/s1. The van der Waals surface area contributed by atoms with Gasteiger partial charge in [0.1, 0.15) is 5.60 Å². The highest BCUT2D eigenvalue weighted by atomic mass is 16.6. The van der Waals surface area contributed by atoms with E-state index in [1.807, 2.05) is 32.6 Å². The Hall–Kier alpha value is -1.50. The third kappa shape index (κ3) is 7.17. The summed E-state index contributed by atoms with van der Waals surface area (Å²) in [6, 6.07) is 0. The van der Waals surface area contributed by atoms with Crippen LogP contribution in [-0.4, -0.2) is 66.5 Å². The number of aliphatic imine (C=N–C) groups is 1. The summed E-state index contributed by atoms with van der Waals surface area (Å²) in [4.78, 5) is 18.0. The number of amides is 1. The summed E-state index contributed by atoms with van der Waals surface area (Å²) in [6.45, 7) is 10.5. The number of β-amino-alcohol motifs (C(OH)–C–C–N with tert-alkyl or cyclic N) is 1. The van der Waals surface area contributed by atoms with E-state index in [0.29, 0.717) is 19.6 Å². The molecule has 1 atom stereocenters. The molecule has 0 spiro atoms. The molecule has 0 radical (unpaired) electrons. The Morgan fingerprint density at radius 1 is 1.43 bits per heavy atom. The fraction of sp³-hybridized carbons (Fsp3) is 0.857. The van der Waals surface area contributed by atoms with E-state index in [1.165, 1.54) is 0 Å². The summed E-state index contributed by atoms with van der Waals surface area (Å²) >= 11 is 0. The number of aliphatic hydroxyl groups excluding tert-OH is 1. The topological polar surface area (TPSA) is 86.2 Å². The summed E-state index contributed by atoms with van der Waals surface area (Å²) in [5.74, 6) is 0.778. The summed E-state index contributed by atoms with van der Waals surface area (Å²) in [7, 11) is 0. The predicted octanol–water partition coefficient (Wildman–Crippen LogP) is 0.543. The van der Waals surface area contributed by atoms with Gasteiger partial charge in [-0.2, -0.15) is 0 Å². The number of alkyl carbamates (subject to hydrolysis) is 1. The SMILES string of the molecule is CCNC(=NCCNC(=O)OC(C)(C)C)N1CC[C@@H](O)C1. The van der Waals surface area contributed by atoms with Crippen molar-refractivity contribution in [3.8, 4) is 0 Å². The average Bonchev–Trinajstić information content (AvgIpc) is 2.77. The van der Waals surface area contributed by atoms with Crippen LogP contribution in [-0.2, 0) is 4.74 Å². The van der Waals surface area contributed by atoms with Gasteiger partial charge in [-0.15, -0.1) is 0 Å². The molecule has 0 aliphatic carbocycles. The summed E-state index contributed by atoms with van der Waals surface area (Å²) in [5, 5.41) is 15.4. The van der Waals surface area contributed by atoms with Gasteiger partial charge in [0, 0.05) is 26.2 Å². The molecule has 7 nitrogen and oxygen atoms in total. The van der Waals surface area contributed by atoms with Crippen molar-refractivity contribution in [3.63, 3.8) is 0 Å². The molecule has 1 heterocycles. The van der Waals surface area contributed by atoms with Crippen LogP contribution < -0.4 is 10.6 Å². The number of ether oxygens (including phenoxy) is 1. The third-order valence-electron chi connectivity index (χ3n) is 2.84. The molecule has 0 unspecified atom stereocenters.